The Bertz CT molecular complexity index is 1100. The van der Waals surface area contributed by atoms with Crippen molar-refractivity contribution < 1.29 is 4.79 Å². The molecule has 0 saturated carbocycles. The molecule has 0 atom stereocenters. The Kier molecular flexibility index (Phi) is 4.42. The van der Waals surface area contributed by atoms with E-state index in [0.717, 1.165) is 33.3 Å². The molecule has 1 amide bonds. The van der Waals surface area contributed by atoms with Crippen LogP contribution in [0.1, 0.15) is 21.6 Å². The molecule has 27 heavy (non-hydrogen) atoms. The maximum absolute atomic E-state index is 13.0. The Morgan fingerprint density at radius 3 is 2.67 bits per heavy atom. The number of fused-ring (bicyclic) bond motifs is 1. The smallest absolute Gasteiger partial charge is 0.272 e. The number of hydrogen-bond acceptors (Lipinski definition) is 3. The molecule has 2 heterocycles. The van der Waals surface area contributed by atoms with Crippen molar-refractivity contribution in [1.82, 2.24) is 20.1 Å². The van der Waals surface area contributed by atoms with Crippen molar-refractivity contribution in [3.63, 3.8) is 0 Å². The van der Waals surface area contributed by atoms with Crippen molar-refractivity contribution in [1.29, 1.82) is 0 Å². The lowest BCUT2D eigenvalue weighted by molar-refractivity contribution is 0.0779. The molecule has 0 saturated heterocycles. The van der Waals surface area contributed by atoms with Crippen LogP contribution in [-0.2, 0) is 6.54 Å². The van der Waals surface area contributed by atoms with Crippen LogP contribution in [0.15, 0.2) is 66.9 Å². The van der Waals surface area contributed by atoms with Gasteiger partial charge in [-0.3, -0.25) is 14.9 Å². The molecule has 0 bridgehead atoms. The van der Waals surface area contributed by atoms with Gasteiger partial charge in [-0.15, -0.1) is 0 Å². The van der Waals surface area contributed by atoms with E-state index in [1.165, 1.54) is 0 Å². The van der Waals surface area contributed by atoms with Crippen molar-refractivity contribution in [2.24, 2.45) is 0 Å². The van der Waals surface area contributed by atoms with Gasteiger partial charge in [0.15, 0.2) is 0 Å². The first kappa shape index (κ1) is 17.0. The Morgan fingerprint density at radius 1 is 1.04 bits per heavy atom. The molecular formula is C22H20N4O. The van der Waals surface area contributed by atoms with Crippen molar-refractivity contribution in [2.75, 3.05) is 7.05 Å². The highest BCUT2D eigenvalue weighted by Crippen LogP contribution is 2.24. The molecule has 2 aromatic carbocycles. The van der Waals surface area contributed by atoms with E-state index in [-0.39, 0.29) is 5.91 Å². The summed E-state index contributed by atoms with van der Waals surface area (Å²) in [4.78, 5) is 19.1. The van der Waals surface area contributed by atoms with E-state index < -0.39 is 0 Å². The molecule has 0 fully saturated rings. The lowest BCUT2D eigenvalue weighted by Crippen LogP contribution is -2.27. The second-order valence-corrected chi connectivity index (χ2v) is 6.59. The Hall–Kier alpha value is -3.47. The SMILES string of the molecule is Cc1c(-c2ccccc2)n[nH]c1C(=O)N(C)Cc1cccc2ncccc12. The summed E-state index contributed by atoms with van der Waals surface area (Å²) in [6.07, 6.45) is 1.78. The predicted molar refractivity (Wildman–Crippen MR) is 106 cm³/mol. The number of carbonyl (C=O) groups is 1. The molecule has 4 aromatic rings. The zero-order valence-corrected chi connectivity index (χ0v) is 15.3. The number of benzene rings is 2. The number of carbonyl (C=O) groups excluding carboxylic acids is 1. The van der Waals surface area contributed by atoms with E-state index >= 15 is 0 Å². The first-order valence-corrected chi connectivity index (χ1v) is 8.83. The molecule has 0 aliphatic heterocycles. The molecular weight excluding hydrogens is 336 g/mol. The first-order valence-electron chi connectivity index (χ1n) is 8.83. The van der Waals surface area contributed by atoms with Crippen molar-refractivity contribution in [3.05, 3.63) is 83.7 Å². The van der Waals surface area contributed by atoms with E-state index in [4.69, 9.17) is 0 Å². The monoisotopic (exact) mass is 356 g/mol. The van der Waals surface area contributed by atoms with Crippen LogP contribution in [0.2, 0.25) is 0 Å². The van der Waals surface area contributed by atoms with E-state index in [2.05, 4.69) is 15.2 Å². The largest absolute Gasteiger partial charge is 0.336 e. The minimum atomic E-state index is -0.0805. The van der Waals surface area contributed by atoms with Crippen LogP contribution in [0.5, 0.6) is 0 Å². The van der Waals surface area contributed by atoms with Crippen LogP contribution in [0.25, 0.3) is 22.2 Å². The molecule has 0 aliphatic carbocycles. The number of nitrogens with one attached hydrogen (secondary N) is 1. The zero-order valence-electron chi connectivity index (χ0n) is 15.3. The summed E-state index contributed by atoms with van der Waals surface area (Å²) in [6.45, 7) is 2.43. The third kappa shape index (κ3) is 3.19. The Morgan fingerprint density at radius 2 is 1.85 bits per heavy atom. The van der Waals surface area contributed by atoms with Gasteiger partial charge in [0.2, 0.25) is 0 Å². The first-order chi connectivity index (χ1) is 13.1. The van der Waals surface area contributed by atoms with Crippen LogP contribution < -0.4 is 0 Å². The maximum Gasteiger partial charge on any atom is 0.272 e. The van der Waals surface area contributed by atoms with Crippen molar-refractivity contribution in [2.45, 2.75) is 13.5 Å². The summed E-state index contributed by atoms with van der Waals surface area (Å²) < 4.78 is 0. The molecule has 5 nitrogen and oxygen atoms in total. The number of aromatic nitrogens is 3. The highest BCUT2D eigenvalue weighted by Gasteiger charge is 2.20. The lowest BCUT2D eigenvalue weighted by Gasteiger charge is -2.18. The van der Waals surface area contributed by atoms with E-state index in [1.807, 2.05) is 67.6 Å². The lowest BCUT2D eigenvalue weighted by atomic mass is 10.1. The predicted octanol–water partition coefficient (Wildman–Crippen LogP) is 4.21. The second-order valence-electron chi connectivity index (χ2n) is 6.59. The average Bonchev–Trinajstić information content (AvgIpc) is 3.09. The fourth-order valence-corrected chi connectivity index (χ4v) is 3.31. The van der Waals surface area contributed by atoms with E-state index in [0.29, 0.717) is 12.2 Å². The molecule has 0 radical (unpaired) electrons. The molecule has 0 aliphatic rings. The number of aromatic amines is 1. The minimum absolute atomic E-state index is 0.0805. The van der Waals surface area contributed by atoms with Gasteiger partial charge in [-0.25, -0.2) is 0 Å². The molecule has 0 unspecified atom stereocenters. The van der Waals surface area contributed by atoms with Gasteiger partial charge in [-0.2, -0.15) is 5.10 Å². The summed E-state index contributed by atoms with van der Waals surface area (Å²) in [5, 5.41) is 8.35. The van der Waals surface area contributed by atoms with Crippen LogP contribution in [0.3, 0.4) is 0 Å². The minimum Gasteiger partial charge on any atom is -0.336 e. The third-order valence-electron chi connectivity index (χ3n) is 4.76. The molecule has 134 valence electrons. The normalized spacial score (nSPS) is 10.9. The van der Waals surface area contributed by atoms with Crippen LogP contribution in [0.4, 0.5) is 0 Å². The quantitative estimate of drug-likeness (QED) is 0.596. The topological polar surface area (TPSA) is 61.9 Å². The Labute approximate surface area is 157 Å². The summed E-state index contributed by atoms with van der Waals surface area (Å²) in [5.74, 6) is -0.0805. The number of pyridine rings is 1. The van der Waals surface area contributed by atoms with Gasteiger partial charge in [-0.1, -0.05) is 48.5 Å². The number of rotatable bonds is 4. The van der Waals surface area contributed by atoms with Crippen LogP contribution in [-0.4, -0.2) is 33.0 Å². The zero-order chi connectivity index (χ0) is 18.8. The molecule has 0 spiro atoms. The standard InChI is InChI=1S/C22H20N4O/c1-15-20(16-8-4-3-5-9-16)24-25-21(15)22(27)26(2)14-17-10-6-12-19-18(17)11-7-13-23-19/h3-13H,14H2,1-2H3,(H,24,25). The second kappa shape index (κ2) is 7.03. The Balaban J connectivity index is 1.61. The van der Waals surface area contributed by atoms with Crippen LogP contribution in [0, 0.1) is 6.92 Å². The third-order valence-corrected chi connectivity index (χ3v) is 4.76. The van der Waals surface area contributed by atoms with E-state index in [1.54, 1.807) is 18.1 Å². The van der Waals surface area contributed by atoms with Gasteiger partial charge in [0.25, 0.3) is 5.91 Å². The summed E-state index contributed by atoms with van der Waals surface area (Å²) in [5.41, 5.74) is 5.18. The fourth-order valence-electron chi connectivity index (χ4n) is 3.31. The van der Waals surface area contributed by atoms with Gasteiger partial charge in [0, 0.05) is 36.3 Å². The van der Waals surface area contributed by atoms with Crippen LogP contribution >= 0.6 is 0 Å². The molecule has 4 rings (SSSR count). The number of hydrogen-bond donors (Lipinski definition) is 1. The fraction of sp³-hybridized carbons (Fsp3) is 0.136. The van der Waals surface area contributed by atoms with Gasteiger partial charge in [0.1, 0.15) is 5.69 Å². The van der Waals surface area contributed by atoms with Crippen molar-refractivity contribution >= 4 is 16.8 Å². The molecule has 1 N–H and O–H groups in total. The summed E-state index contributed by atoms with van der Waals surface area (Å²) in [6, 6.07) is 19.8. The van der Waals surface area contributed by atoms with Crippen molar-refractivity contribution in [3.8, 4) is 11.3 Å². The van der Waals surface area contributed by atoms with Gasteiger partial charge in [-0.05, 0) is 24.6 Å². The van der Waals surface area contributed by atoms with Gasteiger partial charge in [0.05, 0.1) is 11.2 Å². The number of nitrogens with zero attached hydrogens (tertiary/aromatic N) is 3. The highest BCUT2D eigenvalue weighted by atomic mass is 16.2. The number of H-pyrrole nitrogens is 1. The maximum atomic E-state index is 13.0. The van der Waals surface area contributed by atoms with Gasteiger partial charge >= 0.3 is 0 Å². The number of amides is 1. The average molecular weight is 356 g/mol. The summed E-state index contributed by atoms with van der Waals surface area (Å²) in [7, 11) is 1.81. The summed E-state index contributed by atoms with van der Waals surface area (Å²) >= 11 is 0. The van der Waals surface area contributed by atoms with E-state index in [9.17, 15) is 4.79 Å². The van der Waals surface area contributed by atoms with Gasteiger partial charge < -0.3 is 4.90 Å². The molecule has 2 aromatic heterocycles. The molecule has 5 heteroatoms. The highest BCUT2D eigenvalue weighted by molar-refractivity contribution is 5.95.